The summed E-state index contributed by atoms with van der Waals surface area (Å²) < 4.78 is 5.11. The van der Waals surface area contributed by atoms with Crippen LogP contribution in [0, 0.1) is 6.92 Å². The van der Waals surface area contributed by atoms with E-state index in [4.69, 9.17) is 9.63 Å². The van der Waals surface area contributed by atoms with Crippen LogP contribution in [0.2, 0.25) is 0 Å². The number of carboxylic acid groups (broad SMARTS) is 1. The molecular weight excluding hydrogens is 296 g/mol. The van der Waals surface area contributed by atoms with E-state index in [2.05, 4.69) is 10.5 Å². The lowest BCUT2D eigenvalue weighted by atomic mass is 9.98. The third-order valence-electron chi connectivity index (χ3n) is 3.58. The van der Waals surface area contributed by atoms with Gasteiger partial charge < -0.3 is 14.9 Å². The number of nitrogens with zero attached hydrogens (tertiary/aromatic N) is 1. The number of hydrogen-bond donors (Lipinski definition) is 2. The van der Waals surface area contributed by atoms with Crippen LogP contribution in [0.1, 0.15) is 59.6 Å². The largest absolute Gasteiger partial charge is 0.481 e. The second-order valence-electron chi connectivity index (χ2n) is 5.75. The van der Waals surface area contributed by atoms with Gasteiger partial charge >= 0.3 is 5.97 Å². The maximum Gasteiger partial charge on any atom is 0.305 e. The van der Waals surface area contributed by atoms with Crippen LogP contribution in [0.5, 0.6) is 0 Å². The van der Waals surface area contributed by atoms with Gasteiger partial charge in [0.1, 0.15) is 5.76 Å². The van der Waals surface area contributed by atoms with E-state index in [1.807, 2.05) is 45.0 Å². The van der Waals surface area contributed by atoms with Gasteiger partial charge in [-0.05, 0) is 18.1 Å². The number of hydrogen-bond acceptors (Lipinski definition) is 4. The zero-order chi connectivity index (χ0) is 17.0. The average molecular weight is 316 g/mol. The summed E-state index contributed by atoms with van der Waals surface area (Å²) in [4.78, 5) is 23.5. The van der Waals surface area contributed by atoms with Gasteiger partial charge in [-0.1, -0.05) is 43.3 Å². The van der Waals surface area contributed by atoms with Crippen LogP contribution in [0.4, 0.5) is 0 Å². The number of carboxylic acids is 1. The Morgan fingerprint density at radius 3 is 2.57 bits per heavy atom. The number of carbonyl (C=O) groups excluding carboxylic acids is 1. The van der Waals surface area contributed by atoms with Crippen molar-refractivity contribution in [3.05, 3.63) is 52.9 Å². The van der Waals surface area contributed by atoms with Gasteiger partial charge in [-0.3, -0.25) is 9.59 Å². The van der Waals surface area contributed by atoms with Crippen molar-refractivity contribution in [1.29, 1.82) is 0 Å². The molecule has 1 aromatic heterocycles. The number of rotatable bonds is 6. The summed E-state index contributed by atoms with van der Waals surface area (Å²) in [6, 6.07) is 8.33. The van der Waals surface area contributed by atoms with Gasteiger partial charge in [0, 0.05) is 12.0 Å². The summed E-state index contributed by atoms with van der Waals surface area (Å²) in [5, 5.41) is 15.6. The summed E-state index contributed by atoms with van der Waals surface area (Å²) >= 11 is 0. The summed E-state index contributed by atoms with van der Waals surface area (Å²) in [5.41, 5.74) is 1.84. The fourth-order valence-electron chi connectivity index (χ4n) is 2.29. The van der Waals surface area contributed by atoms with Gasteiger partial charge in [-0.2, -0.15) is 0 Å². The molecule has 1 atom stereocenters. The van der Waals surface area contributed by atoms with Crippen LogP contribution in [0.15, 0.2) is 34.9 Å². The minimum atomic E-state index is -0.985. The van der Waals surface area contributed by atoms with Crippen molar-refractivity contribution in [3.8, 4) is 0 Å². The molecular formula is C17H20N2O4. The highest BCUT2D eigenvalue weighted by Gasteiger charge is 2.22. The Morgan fingerprint density at radius 2 is 2.00 bits per heavy atom. The quantitative estimate of drug-likeness (QED) is 0.854. The molecule has 0 aliphatic heterocycles. The summed E-state index contributed by atoms with van der Waals surface area (Å²) in [6.07, 6.45) is -0.203. The highest BCUT2D eigenvalue weighted by Crippen LogP contribution is 2.22. The van der Waals surface area contributed by atoms with Crippen molar-refractivity contribution < 1.29 is 19.2 Å². The summed E-state index contributed by atoms with van der Waals surface area (Å²) in [6.45, 7) is 5.74. The van der Waals surface area contributed by atoms with Crippen molar-refractivity contribution in [2.75, 3.05) is 0 Å². The number of aromatic nitrogens is 1. The molecule has 6 heteroatoms. The van der Waals surface area contributed by atoms with E-state index in [1.54, 1.807) is 6.07 Å². The lowest BCUT2D eigenvalue weighted by molar-refractivity contribution is -0.137. The molecule has 2 rings (SSSR count). The molecule has 1 aromatic carbocycles. The zero-order valence-electron chi connectivity index (χ0n) is 13.4. The fourth-order valence-corrected chi connectivity index (χ4v) is 2.29. The molecule has 0 aliphatic rings. The molecule has 0 saturated heterocycles. The van der Waals surface area contributed by atoms with Crippen molar-refractivity contribution in [2.24, 2.45) is 0 Å². The first-order chi connectivity index (χ1) is 10.9. The Hall–Kier alpha value is -2.63. The first kappa shape index (κ1) is 16.7. The number of amides is 1. The van der Waals surface area contributed by atoms with Gasteiger partial charge in [-0.15, -0.1) is 0 Å². The maximum absolute atomic E-state index is 12.3. The molecule has 0 saturated carbocycles. The number of carbonyl (C=O) groups is 2. The molecule has 0 radical (unpaired) electrons. The second-order valence-corrected chi connectivity index (χ2v) is 5.75. The van der Waals surface area contributed by atoms with Gasteiger partial charge in [-0.25, -0.2) is 0 Å². The fraction of sp³-hybridized carbons (Fsp3) is 0.353. The molecule has 6 nitrogen and oxygen atoms in total. The normalized spacial score (nSPS) is 12.2. The Kier molecular flexibility index (Phi) is 5.16. The van der Waals surface area contributed by atoms with Crippen LogP contribution in [-0.4, -0.2) is 22.1 Å². The molecule has 0 spiro atoms. The molecule has 1 heterocycles. The SMILES string of the molecule is Cc1ccccc1C(CC(=O)O)NC(=O)c1cc(C(C)C)on1. The van der Waals surface area contributed by atoms with Crippen LogP contribution in [0.3, 0.4) is 0 Å². The smallest absolute Gasteiger partial charge is 0.305 e. The first-order valence-corrected chi connectivity index (χ1v) is 7.43. The summed E-state index contributed by atoms with van der Waals surface area (Å²) in [5.74, 6) is -0.701. The Labute approximate surface area is 134 Å². The van der Waals surface area contributed by atoms with Crippen molar-refractivity contribution in [3.63, 3.8) is 0 Å². The molecule has 23 heavy (non-hydrogen) atoms. The first-order valence-electron chi connectivity index (χ1n) is 7.43. The van der Waals surface area contributed by atoms with E-state index < -0.39 is 17.9 Å². The van der Waals surface area contributed by atoms with E-state index in [1.165, 1.54) is 0 Å². The highest BCUT2D eigenvalue weighted by atomic mass is 16.5. The lowest BCUT2D eigenvalue weighted by Crippen LogP contribution is -2.30. The maximum atomic E-state index is 12.3. The second kappa shape index (κ2) is 7.09. The molecule has 0 fully saturated rings. The van der Waals surface area contributed by atoms with Gasteiger partial charge in [0.2, 0.25) is 0 Å². The molecule has 122 valence electrons. The van der Waals surface area contributed by atoms with Gasteiger partial charge in [0.15, 0.2) is 5.69 Å². The predicted octanol–water partition coefficient (Wildman–Crippen LogP) is 3.05. The van der Waals surface area contributed by atoms with E-state index in [0.717, 1.165) is 11.1 Å². The van der Waals surface area contributed by atoms with Gasteiger partial charge in [0.25, 0.3) is 5.91 Å². The molecule has 0 aliphatic carbocycles. The monoisotopic (exact) mass is 316 g/mol. The van der Waals surface area contributed by atoms with Crippen molar-refractivity contribution >= 4 is 11.9 Å². The zero-order valence-corrected chi connectivity index (χ0v) is 13.4. The standard InChI is InChI=1S/C17H20N2O4/c1-10(2)15-8-14(19-23-15)17(22)18-13(9-16(20)21)12-7-5-4-6-11(12)3/h4-8,10,13H,9H2,1-3H3,(H,18,22)(H,20,21). The Balaban J connectivity index is 2.21. The van der Waals surface area contributed by atoms with E-state index >= 15 is 0 Å². The number of aryl methyl sites for hydroxylation is 1. The number of benzene rings is 1. The van der Waals surface area contributed by atoms with Gasteiger partial charge in [0.05, 0.1) is 12.5 Å². The molecule has 1 unspecified atom stereocenters. The molecule has 2 aromatic rings. The molecule has 0 bridgehead atoms. The third-order valence-corrected chi connectivity index (χ3v) is 3.58. The number of nitrogens with one attached hydrogen (secondary N) is 1. The predicted molar refractivity (Wildman–Crippen MR) is 84.2 cm³/mol. The van der Waals surface area contributed by atoms with Crippen LogP contribution in [0.25, 0.3) is 0 Å². The highest BCUT2D eigenvalue weighted by molar-refractivity contribution is 5.92. The Morgan fingerprint density at radius 1 is 1.30 bits per heavy atom. The minimum Gasteiger partial charge on any atom is -0.481 e. The molecule has 2 N–H and O–H groups in total. The van der Waals surface area contributed by atoms with E-state index in [0.29, 0.717) is 5.76 Å². The van der Waals surface area contributed by atoms with Crippen molar-refractivity contribution in [1.82, 2.24) is 10.5 Å². The minimum absolute atomic E-state index is 0.121. The molecule has 1 amide bonds. The topological polar surface area (TPSA) is 92.4 Å². The summed E-state index contributed by atoms with van der Waals surface area (Å²) in [7, 11) is 0. The van der Waals surface area contributed by atoms with Crippen LogP contribution < -0.4 is 5.32 Å². The number of aliphatic carboxylic acids is 1. The Bertz CT molecular complexity index is 706. The van der Waals surface area contributed by atoms with Crippen LogP contribution >= 0.6 is 0 Å². The van der Waals surface area contributed by atoms with Crippen LogP contribution in [-0.2, 0) is 4.79 Å². The van der Waals surface area contributed by atoms with Crippen molar-refractivity contribution in [2.45, 2.75) is 39.2 Å². The average Bonchev–Trinajstić information content (AvgIpc) is 2.96. The lowest BCUT2D eigenvalue weighted by Gasteiger charge is -2.18. The third kappa shape index (κ3) is 4.18. The van der Waals surface area contributed by atoms with E-state index in [-0.39, 0.29) is 18.0 Å². The van der Waals surface area contributed by atoms with E-state index in [9.17, 15) is 9.59 Å².